The number of hydrogen-bond donors (Lipinski definition) is 2. The average Bonchev–Trinajstić information content (AvgIpc) is 2.78. The third-order valence-electron chi connectivity index (χ3n) is 4.81. The van der Waals surface area contributed by atoms with Crippen molar-refractivity contribution >= 4 is 5.97 Å². The maximum Gasteiger partial charge on any atom is 0.324 e. The number of carboxylic acids is 1. The minimum Gasteiger partial charge on any atom is -0.480 e. The standard InChI is InChI=1S/C13H24N2O2/c1-10-4-2-3-6-13(10,12(16)17)15-7-5-11(8-14)9-15/h10-11H,2-9,14H2,1H3,(H,16,17). The summed E-state index contributed by atoms with van der Waals surface area (Å²) in [6.45, 7) is 4.55. The summed E-state index contributed by atoms with van der Waals surface area (Å²) in [5.74, 6) is 0.119. The van der Waals surface area contributed by atoms with Gasteiger partial charge >= 0.3 is 5.97 Å². The normalized spacial score (nSPS) is 39.4. The van der Waals surface area contributed by atoms with Crippen LogP contribution in [0.5, 0.6) is 0 Å². The predicted molar refractivity (Wildman–Crippen MR) is 66.7 cm³/mol. The molecule has 1 aliphatic heterocycles. The lowest BCUT2D eigenvalue weighted by atomic mass is 9.72. The lowest BCUT2D eigenvalue weighted by Crippen LogP contribution is -2.59. The maximum atomic E-state index is 11.8. The summed E-state index contributed by atoms with van der Waals surface area (Å²) in [5.41, 5.74) is 5.10. The van der Waals surface area contributed by atoms with E-state index in [1.54, 1.807) is 0 Å². The number of carboxylic acid groups (broad SMARTS) is 1. The van der Waals surface area contributed by atoms with Crippen molar-refractivity contribution in [2.75, 3.05) is 19.6 Å². The number of carbonyl (C=O) groups is 1. The molecule has 0 aromatic carbocycles. The van der Waals surface area contributed by atoms with Crippen LogP contribution >= 0.6 is 0 Å². The van der Waals surface area contributed by atoms with Crippen molar-refractivity contribution in [3.8, 4) is 0 Å². The summed E-state index contributed by atoms with van der Waals surface area (Å²) < 4.78 is 0. The molecular formula is C13H24N2O2. The van der Waals surface area contributed by atoms with Crippen LogP contribution in [-0.4, -0.2) is 41.1 Å². The van der Waals surface area contributed by atoms with Gasteiger partial charge in [-0.15, -0.1) is 0 Å². The second kappa shape index (κ2) is 4.94. The molecule has 3 unspecified atom stereocenters. The van der Waals surface area contributed by atoms with Crippen LogP contribution in [0.3, 0.4) is 0 Å². The third-order valence-corrected chi connectivity index (χ3v) is 4.81. The van der Waals surface area contributed by atoms with Gasteiger partial charge in [-0.05, 0) is 44.2 Å². The molecule has 1 saturated heterocycles. The van der Waals surface area contributed by atoms with Crippen molar-refractivity contribution in [2.24, 2.45) is 17.6 Å². The zero-order chi connectivity index (χ0) is 12.5. The molecule has 0 aromatic heterocycles. The molecule has 0 radical (unpaired) electrons. The number of hydrogen-bond acceptors (Lipinski definition) is 3. The van der Waals surface area contributed by atoms with Crippen LogP contribution in [0.15, 0.2) is 0 Å². The molecule has 4 nitrogen and oxygen atoms in total. The number of nitrogens with zero attached hydrogens (tertiary/aromatic N) is 1. The van der Waals surface area contributed by atoms with Gasteiger partial charge in [0.05, 0.1) is 0 Å². The van der Waals surface area contributed by atoms with Gasteiger partial charge in [-0.25, -0.2) is 0 Å². The number of likely N-dealkylation sites (tertiary alicyclic amines) is 1. The van der Waals surface area contributed by atoms with E-state index in [1.165, 1.54) is 6.42 Å². The fourth-order valence-corrected chi connectivity index (χ4v) is 3.64. The molecule has 1 saturated carbocycles. The van der Waals surface area contributed by atoms with E-state index in [0.29, 0.717) is 12.5 Å². The number of nitrogens with two attached hydrogens (primary N) is 1. The van der Waals surface area contributed by atoms with Gasteiger partial charge in [0.2, 0.25) is 0 Å². The molecule has 2 fully saturated rings. The van der Waals surface area contributed by atoms with E-state index in [1.807, 2.05) is 0 Å². The summed E-state index contributed by atoms with van der Waals surface area (Å²) in [6, 6.07) is 0. The summed E-state index contributed by atoms with van der Waals surface area (Å²) in [6.07, 6.45) is 5.11. The van der Waals surface area contributed by atoms with Gasteiger partial charge in [0, 0.05) is 6.54 Å². The smallest absolute Gasteiger partial charge is 0.324 e. The lowest BCUT2D eigenvalue weighted by Gasteiger charge is -2.45. The molecule has 0 aromatic rings. The molecule has 3 N–H and O–H groups in total. The fourth-order valence-electron chi connectivity index (χ4n) is 3.64. The Hall–Kier alpha value is -0.610. The molecule has 3 atom stereocenters. The van der Waals surface area contributed by atoms with Crippen molar-refractivity contribution in [3.05, 3.63) is 0 Å². The highest BCUT2D eigenvalue weighted by Gasteiger charge is 2.51. The van der Waals surface area contributed by atoms with Crippen LogP contribution in [-0.2, 0) is 4.79 Å². The fraction of sp³-hybridized carbons (Fsp3) is 0.923. The SMILES string of the molecule is CC1CCCCC1(C(=O)O)N1CCC(CN)C1. The molecule has 2 rings (SSSR count). The summed E-state index contributed by atoms with van der Waals surface area (Å²) in [5, 5.41) is 9.71. The first-order valence-corrected chi connectivity index (χ1v) is 6.79. The van der Waals surface area contributed by atoms with E-state index in [2.05, 4.69) is 11.8 Å². The number of aliphatic carboxylic acids is 1. The van der Waals surface area contributed by atoms with E-state index in [0.717, 1.165) is 38.8 Å². The molecule has 4 heteroatoms. The van der Waals surface area contributed by atoms with Gasteiger partial charge in [-0.1, -0.05) is 19.8 Å². The average molecular weight is 240 g/mol. The Morgan fingerprint density at radius 3 is 2.76 bits per heavy atom. The van der Waals surface area contributed by atoms with Crippen molar-refractivity contribution in [1.82, 2.24) is 4.90 Å². The molecule has 0 spiro atoms. The van der Waals surface area contributed by atoms with Gasteiger partial charge in [-0.2, -0.15) is 0 Å². The lowest BCUT2D eigenvalue weighted by molar-refractivity contribution is -0.157. The van der Waals surface area contributed by atoms with Crippen molar-refractivity contribution in [1.29, 1.82) is 0 Å². The van der Waals surface area contributed by atoms with Crippen LogP contribution < -0.4 is 5.73 Å². The second-order valence-corrected chi connectivity index (χ2v) is 5.71. The predicted octanol–water partition coefficient (Wildman–Crippen LogP) is 1.30. The third kappa shape index (κ3) is 2.08. The van der Waals surface area contributed by atoms with Crippen molar-refractivity contribution < 1.29 is 9.90 Å². The topological polar surface area (TPSA) is 66.6 Å². The van der Waals surface area contributed by atoms with Gasteiger partial charge in [0.25, 0.3) is 0 Å². The molecular weight excluding hydrogens is 216 g/mol. The van der Waals surface area contributed by atoms with E-state index >= 15 is 0 Å². The molecule has 0 amide bonds. The minimum absolute atomic E-state index is 0.255. The molecule has 1 heterocycles. The first-order chi connectivity index (χ1) is 8.11. The van der Waals surface area contributed by atoms with Gasteiger partial charge in [-0.3, -0.25) is 9.69 Å². The molecule has 17 heavy (non-hydrogen) atoms. The highest BCUT2D eigenvalue weighted by molar-refractivity contribution is 5.79. The quantitative estimate of drug-likeness (QED) is 0.780. The van der Waals surface area contributed by atoms with Crippen LogP contribution in [0, 0.1) is 11.8 Å². The monoisotopic (exact) mass is 240 g/mol. The highest BCUT2D eigenvalue weighted by atomic mass is 16.4. The highest BCUT2D eigenvalue weighted by Crippen LogP contribution is 2.41. The van der Waals surface area contributed by atoms with Crippen LogP contribution in [0.4, 0.5) is 0 Å². The van der Waals surface area contributed by atoms with Crippen molar-refractivity contribution in [3.63, 3.8) is 0 Å². The second-order valence-electron chi connectivity index (χ2n) is 5.71. The summed E-state index contributed by atoms with van der Waals surface area (Å²) in [4.78, 5) is 14.0. The first kappa shape index (κ1) is 12.8. The number of rotatable bonds is 3. The maximum absolute atomic E-state index is 11.8. The van der Waals surface area contributed by atoms with E-state index in [4.69, 9.17) is 5.73 Å². The van der Waals surface area contributed by atoms with Crippen LogP contribution in [0.2, 0.25) is 0 Å². The minimum atomic E-state index is -0.623. The van der Waals surface area contributed by atoms with E-state index in [-0.39, 0.29) is 5.92 Å². The van der Waals surface area contributed by atoms with E-state index in [9.17, 15) is 9.90 Å². The Morgan fingerprint density at radius 1 is 1.47 bits per heavy atom. The van der Waals surface area contributed by atoms with Gasteiger partial charge < -0.3 is 10.8 Å². The summed E-state index contributed by atoms with van der Waals surface area (Å²) in [7, 11) is 0. The van der Waals surface area contributed by atoms with Crippen molar-refractivity contribution in [2.45, 2.75) is 44.6 Å². The Labute approximate surface area is 103 Å². The summed E-state index contributed by atoms with van der Waals surface area (Å²) >= 11 is 0. The molecule has 1 aliphatic carbocycles. The molecule has 2 aliphatic rings. The Bertz CT molecular complexity index is 295. The van der Waals surface area contributed by atoms with E-state index < -0.39 is 11.5 Å². The molecule has 98 valence electrons. The van der Waals surface area contributed by atoms with Gasteiger partial charge in [0.1, 0.15) is 5.54 Å². The first-order valence-electron chi connectivity index (χ1n) is 6.79. The Kier molecular flexibility index (Phi) is 3.73. The van der Waals surface area contributed by atoms with Gasteiger partial charge in [0.15, 0.2) is 0 Å². The Balaban J connectivity index is 2.19. The largest absolute Gasteiger partial charge is 0.480 e. The zero-order valence-electron chi connectivity index (χ0n) is 10.7. The Morgan fingerprint density at radius 2 is 2.24 bits per heavy atom. The zero-order valence-corrected chi connectivity index (χ0v) is 10.7. The van der Waals surface area contributed by atoms with Crippen LogP contribution in [0.25, 0.3) is 0 Å². The molecule has 0 bridgehead atoms. The van der Waals surface area contributed by atoms with Crippen LogP contribution in [0.1, 0.15) is 39.0 Å².